The van der Waals surface area contributed by atoms with Crippen molar-refractivity contribution in [2.24, 2.45) is 0 Å². The van der Waals surface area contributed by atoms with Gasteiger partial charge in [0.1, 0.15) is 5.00 Å². The third-order valence-corrected chi connectivity index (χ3v) is 6.16. The summed E-state index contributed by atoms with van der Waals surface area (Å²) in [4.78, 5) is 13.2. The van der Waals surface area contributed by atoms with Crippen molar-refractivity contribution in [2.45, 2.75) is 11.8 Å². The summed E-state index contributed by atoms with van der Waals surface area (Å²) in [7, 11) is -3.80. The third-order valence-electron chi connectivity index (χ3n) is 3.57. The van der Waals surface area contributed by atoms with Gasteiger partial charge in [-0.25, -0.2) is 13.2 Å². The van der Waals surface area contributed by atoms with Crippen LogP contribution in [0.5, 0.6) is 0 Å². The summed E-state index contributed by atoms with van der Waals surface area (Å²) >= 11 is 1.20. The van der Waals surface area contributed by atoms with E-state index in [1.807, 2.05) is 30.3 Å². The minimum absolute atomic E-state index is 0.129. The predicted molar refractivity (Wildman–Crippen MR) is 103 cm³/mol. The lowest BCUT2D eigenvalue weighted by Crippen LogP contribution is -2.14. The van der Waals surface area contributed by atoms with Crippen LogP contribution < -0.4 is 4.72 Å². The highest BCUT2D eigenvalue weighted by Gasteiger charge is 2.23. The quantitative estimate of drug-likeness (QED) is 0.637. The van der Waals surface area contributed by atoms with Crippen molar-refractivity contribution in [1.82, 2.24) is 0 Å². The molecular weight excluding hydrogens is 370 g/mol. The molecule has 0 saturated carbocycles. The second-order valence-electron chi connectivity index (χ2n) is 5.36. The van der Waals surface area contributed by atoms with Gasteiger partial charge in [0.05, 0.1) is 17.1 Å². The van der Waals surface area contributed by atoms with Crippen molar-refractivity contribution in [2.75, 3.05) is 11.3 Å². The van der Waals surface area contributed by atoms with Gasteiger partial charge < -0.3 is 4.74 Å². The van der Waals surface area contributed by atoms with Crippen molar-refractivity contribution < 1.29 is 17.9 Å². The predicted octanol–water partition coefficient (Wildman–Crippen LogP) is 4.39. The maximum absolute atomic E-state index is 12.6. The third kappa shape index (κ3) is 3.95. The summed E-state index contributed by atoms with van der Waals surface area (Å²) in [6, 6.07) is 19.1. The number of thiophene rings is 1. The highest BCUT2D eigenvalue weighted by molar-refractivity contribution is 7.93. The molecule has 0 amide bonds. The lowest BCUT2D eigenvalue weighted by Gasteiger charge is -2.08. The van der Waals surface area contributed by atoms with Crippen molar-refractivity contribution in [3.63, 3.8) is 0 Å². The minimum atomic E-state index is -3.80. The Hall–Kier alpha value is -2.64. The van der Waals surface area contributed by atoms with Crippen LogP contribution in [0, 0.1) is 0 Å². The Morgan fingerprint density at radius 1 is 1.04 bits per heavy atom. The maximum Gasteiger partial charge on any atom is 0.341 e. The molecule has 0 fully saturated rings. The number of rotatable bonds is 6. The van der Waals surface area contributed by atoms with Gasteiger partial charge in [-0.15, -0.1) is 11.3 Å². The van der Waals surface area contributed by atoms with Crippen LogP contribution >= 0.6 is 11.3 Å². The van der Waals surface area contributed by atoms with Crippen LogP contribution in [0.3, 0.4) is 0 Å². The molecule has 0 saturated heterocycles. The first-order valence-corrected chi connectivity index (χ1v) is 10.3. The molecule has 0 aliphatic rings. The molecule has 5 nitrogen and oxygen atoms in total. The fraction of sp³-hybridized carbons (Fsp3) is 0.105. The second-order valence-corrected chi connectivity index (χ2v) is 8.09. The van der Waals surface area contributed by atoms with Crippen LogP contribution in [0.4, 0.5) is 5.00 Å². The molecule has 0 aliphatic heterocycles. The Kier molecular flexibility index (Phi) is 5.39. The van der Waals surface area contributed by atoms with Gasteiger partial charge in [-0.1, -0.05) is 48.5 Å². The lowest BCUT2D eigenvalue weighted by atomic mass is 10.1. The van der Waals surface area contributed by atoms with Crippen LogP contribution in [-0.4, -0.2) is 21.0 Å². The second kappa shape index (κ2) is 7.72. The summed E-state index contributed by atoms with van der Waals surface area (Å²) in [6.45, 7) is 1.91. The highest BCUT2D eigenvalue weighted by Crippen LogP contribution is 2.37. The van der Waals surface area contributed by atoms with Gasteiger partial charge in [-0.3, -0.25) is 4.72 Å². The average Bonchev–Trinajstić information content (AvgIpc) is 3.07. The Bertz CT molecular complexity index is 997. The van der Waals surface area contributed by atoms with Gasteiger partial charge in [-0.2, -0.15) is 0 Å². The highest BCUT2D eigenvalue weighted by atomic mass is 32.2. The monoisotopic (exact) mass is 387 g/mol. The Morgan fingerprint density at radius 2 is 1.65 bits per heavy atom. The number of ether oxygens (including phenoxy) is 1. The normalized spacial score (nSPS) is 11.1. The van der Waals surface area contributed by atoms with Crippen LogP contribution in [0.25, 0.3) is 10.4 Å². The molecular formula is C19H17NO4S2. The lowest BCUT2D eigenvalue weighted by molar-refractivity contribution is 0.0528. The minimum Gasteiger partial charge on any atom is -0.462 e. The molecule has 0 atom stereocenters. The van der Waals surface area contributed by atoms with Crippen molar-refractivity contribution >= 4 is 32.3 Å². The maximum atomic E-state index is 12.6. The van der Waals surface area contributed by atoms with Crippen molar-refractivity contribution in [1.29, 1.82) is 0 Å². The number of hydrogen-bond donors (Lipinski definition) is 1. The van der Waals surface area contributed by atoms with E-state index in [1.54, 1.807) is 31.2 Å². The molecule has 3 rings (SSSR count). The zero-order valence-electron chi connectivity index (χ0n) is 14.0. The number of hydrogen-bond acceptors (Lipinski definition) is 5. The fourth-order valence-corrected chi connectivity index (χ4v) is 4.74. The number of esters is 1. The van der Waals surface area contributed by atoms with E-state index in [1.165, 1.54) is 23.5 Å². The molecule has 0 bridgehead atoms. The molecule has 2 aromatic carbocycles. The van der Waals surface area contributed by atoms with E-state index in [-0.39, 0.29) is 22.1 Å². The molecule has 0 unspecified atom stereocenters. The van der Waals surface area contributed by atoms with Crippen LogP contribution in [-0.2, 0) is 14.8 Å². The number of benzene rings is 2. The zero-order chi connectivity index (χ0) is 18.6. The summed E-state index contributed by atoms with van der Waals surface area (Å²) in [5.74, 6) is -0.559. The van der Waals surface area contributed by atoms with Gasteiger partial charge >= 0.3 is 5.97 Å². The Labute approximate surface area is 156 Å². The van der Waals surface area contributed by atoms with Crippen LogP contribution in [0.1, 0.15) is 17.3 Å². The number of carbonyl (C=O) groups is 1. The van der Waals surface area contributed by atoms with Gasteiger partial charge in [0.25, 0.3) is 10.0 Å². The largest absolute Gasteiger partial charge is 0.462 e. The molecule has 0 radical (unpaired) electrons. The molecule has 0 spiro atoms. The number of nitrogens with one attached hydrogen (secondary N) is 1. The summed E-state index contributed by atoms with van der Waals surface area (Å²) < 4.78 is 32.8. The van der Waals surface area contributed by atoms with Crippen molar-refractivity contribution in [3.8, 4) is 10.4 Å². The van der Waals surface area contributed by atoms with Gasteiger partial charge in [0, 0.05) is 4.88 Å². The molecule has 1 N–H and O–H groups in total. The average molecular weight is 387 g/mol. The zero-order valence-corrected chi connectivity index (χ0v) is 15.6. The Morgan fingerprint density at radius 3 is 2.27 bits per heavy atom. The summed E-state index contributed by atoms with van der Waals surface area (Å²) in [5.41, 5.74) is 1.10. The van der Waals surface area contributed by atoms with Crippen LogP contribution in [0.15, 0.2) is 71.6 Å². The van der Waals surface area contributed by atoms with Gasteiger partial charge in [-0.05, 0) is 30.7 Å². The smallest absolute Gasteiger partial charge is 0.341 e. The molecule has 26 heavy (non-hydrogen) atoms. The van der Waals surface area contributed by atoms with E-state index in [9.17, 15) is 13.2 Å². The summed E-state index contributed by atoms with van der Waals surface area (Å²) in [5, 5.41) is 0.242. The van der Waals surface area contributed by atoms with E-state index in [0.29, 0.717) is 0 Å². The van der Waals surface area contributed by atoms with Gasteiger partial charge in [0.15, 0.2) is 0 Å². The molecule has 1 aromatic heterocycles. The van der Waals surface area contributed by atoms with Gasteiger partial charge in [0.2, 0.25) is 0 Å². The topological polar surface area (TPSA) is 72.5 Å². The SMILES string of the molecule is CCOC(=O)c1cc(-c2ccccc2)sc1NS(=O)(=O)c1ccccc1. The number of anilines is 1. The molecule has 3 aromatic rings. The first kappa shape index (κ1) is 18.2. The number of carbonyl (C=O) groups excluding carboxylic acids is 1. The number of sulfonamides is 1. The van der Waals surface area contributed by atoms with Crippen molar-refractivity contribution in [3.05, 3.63) is 72.3 Å². The fourth-order valence-electron chi connectivity index (χ4n) is 2.35. The van der Waals surface area contributed by atoms with E-state index < -0.39 is 16.0 Å². The van der Waals surface area contributed by atoms with E-state index in [4.69, 9.17) is 4.74 Å². The van der Waals surface area contributed by atoms with E-state index in [2.05, 4.69) is 4.72 Å². The first-order valence-electron chi connectivity index (χ1n) is 7.95. The van der Waals surface area contributed by atoms with E-state index >= 15 is 0 Å². The summed E-state index contributed by atoms with van der Waals surface area (Å²) in [6.07, 6.45) is 0. The first-order chi connectivity index (χ1) is 12.5. The van der Waals surface area contributed by atoms with E-state index in [0.717, 1.165) is 10.4 Å². The standard InChI is InChI=1S/C19H17NO4S2/c1-2-24-19(21)16-13-17(14-9-5-3-6-10-14)25-18(16)20-26(22,23)15-11-7-4-8-12-15/h3-13,20H,2H2,1H3. The molecule has 1 heterocycles. The molecule has 7 heteroatoms. The molecule has 134 valence electrons. The van der Waals surface area contributed by atoms with Crippen LogP contribution in [0.2, 0.25) is 0 Å². The molecule has 0 aliphatic carbocycles. The Balaban J connectivity index is 2.02.